The van der Waals surface area contributed by atoms with Crippen LogP contribution in [0.15, 0.2) is 40.4 Å². The Labute approximate surface area is 165 Å². The van der Waals surface area contributed by atoms with Gasteiger partial charge in [0.2, 0.25) is 5.82 Å². The van der Waals surface area contributed by atoms with Crippen LogP contribution in [-0.4, -0.2) is 29.8 Å². The first-order chi connectivity index (χ1) is 13.0. The number of hydrogen-bond acceptors (Lipinski definition) is 5. The first-order valence-corrected chi connectivity index (χ1v) is 9.75. The predicted octanol–water partition coefficient (Wildman–Crippen LogP) is 5.14. The minimum atomic E-state index is 0.0629. The fourth-order valence-corrected chi connectivity index (χ4v) is 3.47. The maximum atomic E-state index is 6.32. The number of nitrogens with zero attached hydrogens (tertiary/aromatic N) is 2. The molecule has 0 radical (unpaired) electrons. The van der Waals surface area contributed by atoms with Crippen LogP contribution in [0.4, 0.5) is 0 Å². The van der Waals surface area contributed by atoms with Crippen LogP contribution in [0.5, 0.6) is 5.75 Å². The number of hydrogen-bond donors (Lipinski definition) is 1. The molecule has 3 rings (SSSR count). The Balaban J connectivity index is 1.81. The van der Waals surface area contributed by atoms with Gasteiger partial charge in [-0.05, 0) is 57.9 Å². The summed E-state index contributed by atoms with van der Waals surface area (Å²) in [6.45, 7) is 7.09. The Kier molecular flexibility index (Phi) is 6.34. The van der Waals surface area contributed by atoms with Gasteiger partial charge >= 0.3 is 0 Å². The van der Waals surface area contributed by atoms with Crippen molar-refractivity contribution in [1.82, 2.24) is 15.5 Å². The van der Waals surface area contributed by atoms with Crippen LogP contribution in [0.25, 0.3) is 17.0 Å². The van der Waals surface area contributed by atoms with Gasteiger partial charge < -0.3 is 14.6 Å². The summed E-state index contributed by atoms with van der Waals surface area (Å²) < 4.78 is 11.1. The molecule has 0 amide bonds. The molecule has 1 aromatic carbocycles. The highest BCUT2D eigenvalue weighted by atomic mass is 35.5. The quantitative estimate of drug-likeness (QED) is 0.713. The van der Waals surface area contributed by atoms with Gasteiger partial charge in [-0.1, -0.05) is 41.4 Å². The number of aromatic nitrogens is 2. The highest BCUT2D eigenvalue weighted by Crippen LogP contribution is 2.33. The van der Waals surface area contributed by atoms with Gasteiger partial charge in [0, 0.05) is 17.7 Å². The van der Waals surface area contributed by atoms with E-state index in [1.807, 2.05) is 33.0 Å². The van der Waals surface area contributed by atoms with Crippen LogP contribution in [-0.2, 0) is 0 Å². The SMILES string of the molecule is CCC1=CC(c2noc(-c3ccc(OC(C)C)c(Cl)c3)n2)=CC[C@H]1CNC. The van der Waals surface area contributed by atoms with Crippen molar-refractivity contribution in [1.29, 1.82) is 0 Å². The molecule has 0 spiro atoms. The van der Waals surface area contributed by atoms with Crippen molar-refractivity contribution in [3.8, 4) is 17.2 Å². The summed E-state index contributed by atoms with van der Waals surface area (Å²) >= 11 is 6.32. The van der Waals surface area contributed by atoms with E-state index in [-0.39, 0.29) is 6.10 Å². The highest BCUT2D eigenvalue weighted by molar-refractivity contribution is 6.32. The van der Waals surface area contributed by atoms with E-state index in [2.05, 4.69) is 34.5 Å². The van der Waals surface area contributed by atoms with Crippen LogP contribution >= 0.6 is 11.6 Å². The van der Waals surface area contributed by atoms with E-state index in [1.54, 1.807) is 6.07 Å². The second-order valence-corrected chi connectivity index (χ2v) is 7.36. The fourth-order valence-electron chi connectivity index (χ4n) is 3.25. The molecule has 0 fully saturated rings. The zero-order valence-corrected chi connectivity index (χ0v) is 17.0. The van der Waals surface area contributed by atoms with E-state index in [9.17, 15) is 0 Å². The first-order valence-electron chi connectivity index (χ1n) is 9.37. The van der Waals surface area contributed by atoms with Gasteiger partial charge in [0.25, 0.3) is 5.89 Å². The molecule has 0 aliphatic heterocycles. The maximum absolute atomic E-state index is 6.32. The maximum Gasteiger partial charge on any atom is 0.258 e. The summed E-state index contributed by atoms with van der Waals surface area (Å²) in [5, 5.41) is 7.96. The first kappa shape index (κ1) is 19.6. The molecule has 0 saturated heterocycles. The number of ether oxygens (including phenoxy) is 1. The molecule has 27 heavy (non-hydrogen) atoms. The smallest absolute Gasteiger partial charge is 0.258 e. The average molecular weight is 388 g/mol. The molecule has 1 atom stereocenters. The van der Waals surface area contributed by atoms with Gasteiger partial charge in [-0.2, -0.15) is 4.98 Å². The zero-order chi connectivity index (χ0) is 19.4. The molecule has 2 aromatic rings. The summed E-state index contributed by atoms with van der Waals surface area (Å²) in [4.78, 5) is 4.57. The van der Waals surface area contributed by atoms with Gasteiger partial charge in [-0.15, -0.1) is 0 Å². The molecule has 144 valence electrons. The van der Waals surface area contributed by atoms with Crippen molar-refractivity contribution in [2.75, 3.05) is 13.6 Å². The minimum Gasteiger partial charge on any atom is -0.489 e. The van der Waals surface area contributed by atoms with E-state index in [0.29, 0.717) is 28.4 Å². The van der Waals surface area contributed by atoms with Crippen LogP contribution in [0.2, 0.25) is 5.02 Å². The second kappa shape index (κ2) is 8.72. The van der Waals surface area contributed by atoms with Crippen molar-refractivity contribution in [3.63, 3.8) is 0 Å². The van der Waals surface area contributed by atoms with Gasteiger partial charge in [-0.3, -0.25) is 0 Å². The monoisotopic (exact) mass is 387 g/mol. The molecule has 1 heterocycles. The van der Waals surface area contributed by atoms with Crippen LogP contribution in [0, 0.1) is 5.92 Å². The van der Waals surface area contributed by atoms with Crippen LogP contribution in [0.1, 0.15) is 39.4 Å². The van der Waals surface area contributed by atoms with Crippen LogP contribution in [0.3, 0.4) is 0 Å². The molecule has 0 bridgehead atoms. The Bertz CT molecular complexity index is 855. The third-order valence-corrected chi connectivity index (χ3v) is 4.87. The summed E-state index contributed by atoms with van der Waals surface area (Å²) in [5.41, 5.74) is 3.20. The lowest BCUT2D eigenvalue weighted by atomic mass is 9.86. The van der Waals surface area contributed by atoms with E-state index in [0.717, 1.165) is 30.5 Å². The van der Waals surface area contributed by atoms with Crippen LogP contribution < -0.4 is 10.1 Å². The number of benzene rings is 1. The molecule has 1 N–H and O–H groups in total. The van der Waals surface area contributed by atoms with Gasteiger partial charge in [0.05, 0.1) is 11.1 Å². The van der Waals surface area contributed by atoms with Crippen molar-refractivity contribution in [2.24, 2.45) is 5.92 Å². The number of nitrogens with one attached hydrogen (secondary N) is 1. The molecule has 0 saturated carbocycles. The lowest BCUT2D eigenvalue weighted by molar-refractivity contribution is 0.242. The van der Waals surface area contributed by atoms with Gasteiger partial charge in [0.15, 0.2) is 0 Å². The Morgan fingerprint density at radius 1 is 1.37 bits per heavy atom. The Morgan fingerprint density at radius 3 is 2.85 bits per heavy atom. The Hall–Kier alpha value is -2.11. The fraction of sp³-hybridized carbons (Fsp3) is 0.429. The Morgan fingerprint density at radius 2 is 2.19 bits per heavy atom. The largest absolute Gasteiger partial charge is 0.489 e. The third-order valence-electron chi connectivity index (χ3n) is 4.57. The lowest BCUT2D eigenvalue weighted by Gasteiger charge is -2.22. The second-order valence-electron chi connectivity index (χ2n) is 6.96. The van der Waals surface area contributed by atoms with Crippen molar-refractivity contribution in [3.05, 3.63) is 46.8 Å². The molecule has 0 unspecified atom stereocenters. The molecule has 1 aliphatic carbocycles. The standard InChI is InChI=1S/C21H26ClN3O2/c1-5-14-10-15(6-7-17(14)12-23-4)20-24-21(27-25-20)16-8-9-19(18(22)11-16)26-13(2)3/h6,8-11,13,17,23H,5,7,12H2,1-4H3/t17-/m0/s1. The summed E-state index contributed by atoms with van der Waals surface area (Å²) in [5.74, 6) is 2.24. The summed E-state index contributed by atoms with van der Waals surface area (Å²) in [6.07, 6.45) is 6.43. The van der Waals surface area contributed by atoms with Crippen molar-refractivity contribution < 1.29 is 9.26 Å². The molecule has 1 aromatic heterocycles. The molecule has 1 aliphatic rings. The summed E-state index contributed by atoms with van der Waals surface area (Å²) in [6, 6.07) is 5.51. The lowest BCUT2D eigenvalue weighted by Crippen LogP contribution is -2.21. The normalized spacial score (nSPS) is 17.0. The number of rotatable bonds is 7. The third kappa shape index (κ3) is 4.60. The molecular weight excluding hydrogens is 362 g/mol. The van der Waals surface area contributed by atoms with Crippen molar-refractivity contribution in [2.45, 2.75) is 39.7 Å². The van der Waals surface area contributed by atoms with E-state index in [4.69, 9.17) is 20.9 Å². The zero-order valence-electron chi connectivity index (χ0n) is 16.3. The molecular formula is C21H26ClN3O2. The van der Waals surface area contributed by atoms with E-state index >= 15 is 0 Å². The number of allylic oxidation sites excluding steroid dienone is 3. The van der Waals surface area contributed by atoms with Gasteiger partial charge in [-0.25, -0.2) is 0 Å². The highest BCUT2D eigenvalue weighted by Gasteiger charge is 2.20. The minimum absolute atomic E-state index is 0.0629. The molecule has 5 nitrogen and oxygen atoms in total. The molecule has 6 heteroatoms. The average Bonchev–Trinajstić information content (AvgIpc) is 3.14. The topological polar surface area (TPSA) is 60.2 Å². The van der Waals surface area contributed by atoms with E-state index in [1.165, 1.54) is 5.57 Å². The number of halogens is 1. The predicted molar refractivity (Wildman–Crippen MR) is 109 cm³/mol. The van der Waals surface area contributed by atoms with E-state index < -0.39 is 0 Å². The summed E-state index contributed by atoms with van der Waals surface area (Å²) in [7, 11) is 1.99. The van der Waals surface area contributed by atoms with Gasteiger partial charge in [0.1, 0.15) is 5.75 Å². The van der Waals surface area contributed by atoms with Crippen molar-refractivity contribution >= 4 is 17.2 Å².